The zero-order valence-corrected chi connectivity index (χ0v) is 16.9. The first-order chi connectivity index (χ1) is 11.2. The average Bonchev–Trinajstić information content (AvgIpc) is 2.90. The fraction of sp³-hybridized carbons (Fsp3) is 0.312. The van der Waals surface area contributed by atoms with Gasteiger partial charge in [0.15, 0.2) is 0 Å². The molecule has 0 aliphatic carbocycles. The highest BCUT2D eigenvalue weighted by atomic mass is 79.9. The topological polar surface area (TPSA) is 66.5 Å². The van der Waals surface area contributed by atoms with Crippen molar-refractivity contribution in [1.82, 2.24) is 4.90 Å². The zero-order valence-electron chi connectivity index (χ0n) is 13.7. The summed E-state index contributed by atoms with van der Waals surface area (Å²) < 4.78 is 26.4. The first-order valence-electron chi connectivity index (χ1n) is 7.31. The first-order valence-corrected chi connectivity index (χ1v) is 10.8. The van der Waals surface area contributed by atoms with Gasteiger partial charge in [0.05, 0.1) is 22.3 Å². The van der Waals surface area contributed by atoms with Crippen LogP contribution in [0.1, 0.15) is 27.7 Å². The lowest BCUT2D eigenvalue weighted by Crippen LogP contribution is -2.30. The third-order valence-electron chi connectivity index (χ3n) is 3.42. The molecule has 2 aromatic rings. The maximum absolute atomic E-state index is 12.8. The number of carbonyl (C=O) groups excluding carboxylic acids is 1. The number of aryl methyl sites for hydroxylation is 1. The number of benzene rings is 1. The number of nitrogens with zero attached hydrogens (tertiary/aromatic N) is 1. The Bertz CT molecular complexity index is 847. The molecule has 1 aromatic carbocycles. The van der Waals surface area contributed by atoms with Crippen molar-refractivity contribution in [2.75, 3.05) is 17.5 Å². The van der Waals surface area contributed by atoms with E-state index in [1.807, 2.05) is 19.1 Å². The maximum atomic E-state index is 12.8. The van der Waals surface area contributed by atoms with Crippen molar-refractivity contribution in [2.24, 2.45) is 0 Å². The summed E-state index contributed by atoms with van der Waals surface area (Å²) in [5.74, 6) is -0.126. The second-order valence-corrected chi connectivity index (χ2v) is 9.73. The third-order valence-corrected chi connectivity index (χ3v) is 5.62. The van der Waals surface area contributed by atoms with E-state index in [4.69, 9.17) is 0 Å². The van der Waals surface area contributed by atoms with E-state index in [0.29, 0.717) is 24.3 Å². The minimum Gasteiger partial charge on any atom is -0.334 e. The van der Waals surface area contributed by atoms with Gasteiger partial charge in [-0.1, -0.05) is 6.07 Å². The molecule has 0 saturated carbocycles. The predicted molar refractivity (Wildman–Crippen MR) is 102 cm³/mol. The summed E-state index contributed by atoms with van der Waals surface area (Å²) in [6.07, 6.45) is 1.09. The molecule has 5 nitrogen and oxygen atoms in total. The molecule has 8 heteroatoms. The van der Waals surface area contributed by atoms with Crippen molar-refractivity contribution in [3.63, 3.8) is 0 Å². The molecule has 24 heavy (non-hydrogen) atoms. The molecule has 0 unspecified atom stereocenters. The monoisotopic (exact) mass is 430 g/mol. The Morgan fingerprint density at radius 1 is 1.29 bits per heavy atom. The number of amides is 1. The molecule has 0 spiro atoms. The van der Waals surface area contributed by atoms with Crippen molar-refractivity contribution < 1.29 is 13.2 Å². The van der Waals surface area contributed by atoms with Crippen LogP contribution in [-0.2, 0) is 16.6 Å². The van der Waals surface area contributed by atoms with Gasteiger partial charge in [0.1, 0.15) is 0 Å². The number of nitrogens with one attached hydrogen (secondary N) is 1. The van der Waals surface area contributed by atoms with Gasteiger partial charge in [0.2, 0.25) is 10.0 Å². The lowest BCUT2D eigenvalue weighted by Gasteiger charge is -2.21. The van der Waals surface area contributed by atoms with Gasteiger partial charge in [-0.2, -0.15) is 0 Å². The van der Waals surface area contributed by atoms with Gasteiger partial charge in [-0.3, -0.25) is 9.52 Å². The molecule has 0 atom stereocenters. The van der Waals surface area contributed by atoms with Gasteiger partial charge in [-0.05, 0) is 59.6 Å². The standard InChI is InChI=1S/C16H19BrN2O3S2/c1-4-19(10-13-7-8-15(17)23-13)16(20)12-6-5-11(2)14(9-12)18-24(3,21)22/h5-9,18H,4,10H2,1-3H3. The molecule has 0 aliphatic heterocycles. The Labute approximate surface area is 154 Å². The molecular formula is C16H19BrN2O3S2. The number of halogens is 1. The summed E-state index contributed by atoms with van der Waals surface area (Å²) in [4.78, 5) is 15.6. The van der Waals surface area contributed by atoms with Crippen LogP contribution in [0.4, 0.5) is 5.69 Å². The number of sulfonamides is 1. The molecular weight excluding hydrogens is 412 g/mol. The Balaban J connectivity index is 2.25. The van der Waals surface area contributed by atoms with Crippen LogP contribution >= 0.6 is 27.3 Å². The summed E-state index contributed by atoms with van der Waals surface area (Å²) in [5.41, 5.74) is 1.66. The fourth-order valence-corrected chi connectivity index (χ4v) is 4.32. The van der Waals surface area contributed by atoms with E-state index >= 15 is 0 Å². The summed E-state index contributed by atoms with van der Waals surface area (Å²) in [7, 11) is -3.39. The Hall–Kier alpha value is -1.38. The predicted octanol–water partition coefficient (Wildman–Crippen LogP) is 3.85. The number of thiophene rings is 1. The number of hydrogen-bond donors (Lipinski definition) is 1. The van der Waals surface area contributed by atoms with E-state index in [2.05, 4.69) is 20.7 Å². The minimum atomic E-state index is -3.39. The number of hydrogen-bond acceptors (Lipinski definition) is 4. The van der Waals surface area contributed by atoms with Crippen LogP contribution in [0.2, 0.25) is 0 Å². The molecule has 1 amide bonds. The van der Waals surface area contributed by atoms with Gasteiger partial charge in [-0.25, -0.2) is 8.42 Å². The lowest BCUT2D eigenvalue weighted by molar-refractivity contribution is 0.0754. The second kappa shape index (κ2) is 7.67. The highest BCUT2D eigenvalue weighted by Gasteiger charge is 2.17. The average molecular weight is 431 g/mol. The highest BCUT2D eigenvalue weighted by molar-refractivity contribution is 9.11. The summed E-state index contributed by atoms with van der Waals surface area (Å²) in [6, 6.07) is 8.99. The van der Waals surface area contributed by atoms with Crippen LogP contribution in [0.25, 0.3) is 0 Å². The van der Waals surface area contributed by atoms with Crippen molar-refractivity contribution in [2.45, 2.75) is 20.4 Å². The summed E-state index contributed by atoms with van der Waals surface area (Å²) in [6.45, 7) is 4.80. The van der Waals surface area contributed by atoms with E-state index in [1.54, 1.807) is 41.4 Å². The molecule has 0 radical (unpaired) electrons. The van der Waals surface area contributed by atoms with Crippen molar-refractivity contribution in [1.29, 1.82) is 0 Å². The molecule has 2 rings (SSSR count). The summed E-state index contributed by atoms with van der Waals surface area (Å²) in [5, 5.41) is 0. The molecule has 1 heterocycles. The van der Waals surface area contributed by atoms with Gasteiger partial charge in [-0.15, -0.1) is 11.3 Å². The zero-order chi connectivity index (χ0) is 17.9. The Kier molecular flexibility index (Phi) is 6.06. The molecule has 130 valence electrons. The lowest BCUT2D eigenvalue weighted by atomic mass is 10.1. The van der Waals surface area contributed by atoms with Gasteiger partial charge >= 0.3 is 0 Å². The number of anilines is 1. The van der Waals surface area contributed by atoms with Crippen LogP contribution < -0.4 is 4.72 Å². The second-order valence-electron chi connectivity index (χ2n) is 5.43. The van der Waals surface area contributed by atoms with E-state index in [-0.39, 0.29) is 5.91 Å². The number of carbonyl (C=O) groups is 1. The van der Waals surface area contributed by atoms with Crippen LogP contribution in [0, 0.1) is 6.92 Å². The number of rotatable bonds is 6. The third kappa shape index (κ3) is 5.06. The van der Waals surface area contributed by atoms with Gasteiger partial charge in [0.25, 0.3) is 5.91 Å². The van der Waals surface area contributed by atoms with Gasteiger partial charge in [0, 0.05) is 17.0 Å². The SMILES string of the molecule is CCN(Cc1ccc(Br)s1)C(=O)c1ccc(C)c(NS(C)(=O)=O)c1. The molecule has 1 N–H and O–H groups in total. The fourth-order valence-electron chi connectivity index (χ4n) is 2.20. The van der Waals surface area contributed by atoms with Crippen LogP contribution in [-0.4, -0.2) is 32.0 Å². The summed E-state index contributed by atoms with van der Waals surface area (Å²) >= 11 is 5.01. The van der Waals surface area contributed by atoms with Gasteiger partial charge < -0.3 is 4.90 Å². The molecule has 0 aliphatic rings. The Morgan fingerprint density at radius 3 is 2.54 bits per heavy atom. The maximum Gasteiger partial charge on any atom is 0.254 e. The molecule has 0 saturated heterocycles. The smallest absolute Gasteiger partial charge is 0.254 e. The van der Waals surface area contributed by atoms with E-state index in [9.17, 15) is 13.2 Å². The first kappa shape index (κ1) is 19.0. The van der Waals surface area contributed by atoms with E-state index < -0.39 is 10.0 Å². The van der Waals surface area contributed by atoms with Crippen LogP contribution in [0.5, 0.6) is 0 Å². The molecule has 0 bridgehead atoms. The Morgan fingerprint density at radius 2 is 2.00 bits per heavy atom. The van der Waals surface area contributed by atoms with Crippen LogP contribution in [0.3, 0.4) is 0 Å². The normalized spacial score (nSPS) is 11.3. The molecule has 1 aromatic heterocycles. The van der Waals surface area contributed by atoms with E-state index in [0.717, 1.165) is 20.5 Å². The largest absolute Gasteiger partial charge is 0.334 e. The van der Waals surface area contributed by atoms with Crippen LogP contribution in [0.15, 0.2) is 34.1 Å². The molecule has 0 fully saturated rings. The minimum absolute atomic E-state index is 0.126. The van der Waals surface area contributed by atoms with E-state index in [1.165, 1.54) is 0 Å². The van der Waals surface area contributed by atoms with Crippen molar-refractivity contribution in [3.8, 4) is 0 Å². The highest BCUT2D eigenvalue weighted by Crippen LogP contribution is 2.24. The quantitative estimate of drug-likeness (QED) is 0.756. The van der Waals surface area contributed by atoms with Crippen molar-refractivity contribution in [3.05, 3.63) is 50.1 Å². The van der Waals surface area contributed by atoms with Crippen molar-refractivity contribution >= 4 is 48.9 Å².